The highest BCUT2D eigenvalue weighted by atomic mass is 15.3. The van der Waals surface area contributed by atoms with Crippen LogP contribution in [0.4, 0.5) is 0 Å². The minimum Gasteiger partial charge on any atom is -0.317 e. The Bertz CT molecular complexity index is 232. The van der Waals surface area contributed by atoms with E-state index in [1.807, 2.05) is 0 Å². The Morgan fingerprint density at radius 1 is 1.24 bits per heavy atom. The highest BCUT2D eigenvalue weighted by Crippen LogP contribution is 2.28. The standard InChI is InChI=1S/C14H29N3/c1-12-11-17(10-9-16(12)3)8-7-13-5-4-6-14(13)15-2/h12-15H,4-11H2,1-3H3. The van der Waals surface area contributed by atoms with Crippen LogP contribution in [-0.2, 0) is 0 Å². The van der Waals surface area contributed by atoms with E-state index in [0.29, 0.717) is 0 Å². The van der Waals surface area contributed by atoms with Crippen LogP contribution >= 0.6 is 0 Å². The van der Waals surface area contributed by atoms with Gasteiger partial charge < -0.3 is 15.1 Å². The highest BCUT2D eigenvalue weighted by molar-refractivity contribution is 4.84. The molecule has 3 nitrogen and oxygen atoms in total. The van der Waals surface area contributed by atoms with Crippen molar-refractivity contribution in [3.05, 3.63) is 0 Å². The molecule has 1 saturated carbocycles. The van der Waals surface area contributed by atoms with Crippen molar-refractivity contribution in [1.82, 2.24) is 15.1 Å². The van der Waals surface area contributed by atoms with Gasteiger partial charge in [-0.2, -0.15) is 0 Å². The van der Waals surface area contributed by atoms with E-state index in [2.05, 4.69) is 36.1 Å². The number of nitrogens with one attached hydrogen (secondary N) is 1. The fraction of sp³-hybridized carbons (Fsp3) is 1.00. The third-order valence-corrected chi connectivity index (χ3v) is 4.89. The first-order valence-corrected chi connectivity index (χ1v) is 7.30. The largest absolute Gasteiger partial charge is 0.317 e. The van der Waals surface area contributed by atoms with Crippen molar-refractivity contribution < 1.29 is 0 Å². The summed E-state index contributed by atoms with van der Waals surface area (Å²) in [5.74, 6) is 0.926. The van der Waals surface area contributed by atoms with Gasteiger partial charge in [-0.25, -0.2) is 0 Å². The van der Waals surface area contributed by atoms with Crippen LogP contribution in [0.3, 0.4) is 0 Å². The molecule has 2 rings (SSSR count). The Kier molecular flexibility index (Phi) is 4.83. The fourth-order valence-electron chi connectivity index (χ4n) is 3.44. The van der Waals surface area contributed by atoms with Crippen molar-refractivity contribution in [3.8, 4) is 0 Å². The molecule has 0 radical (unpaired) electrons. The lowest BCUT2D eigenvalue weighted by Crippen LogP contribution is -2.50. The molecule has 2 aliphatic rings. The number of nitrogens with zero attached hydrogens (tertiary/aromatic N) is 2. The first-order chi connectivity index (χ1) is 8.20. The quantitative estimate of drug-likeness (QED) is 0.800. The van der Waals surface area contributed by atoms with Gasteiger partial charge in [0.15, 0.2) is 0 Å². The van der Waals surface area contributed by atoms with Gasteiger partial charge in [0.1, 0.15) is 0 Å². The molecule has 0 bridgehead atoms. The summed E-state index contributed by atoms with van der Waals surface area (Å²) in [5.41, 5.74) is 0. The summed E-state index contributed by atoms with van der Waals surface area (Å²) in [6.45, 7) is 7.41. The van der Waals surface area contributed by atoms with Crippen LogP contribution in [0.1, 0.15) is 32.6 Å². The summed E-state index contributed by atoms with van der Waals surface area (Å²) < 4.78 is 0. The fourth-order valence-corrected chi connectivity index (χ4v) is 3.44. The first kappa shape index (κ1) is 13.3. The van der Waals surface area contributed by atoms with Gasteiger partial charge in [-0.3, -0.25) is 0 Å². The maximum Gasteiger partial charge on any atom is 0.0192 e. The SMILES string of the molecule is CNC1CCCC1CCN1CCN(C)C(C)C1. The molecule has 17 heavy (non-hydrogen) atoms. The summed E-state index contributed by atoms with van der Waals surface area (Å²) in [6, 6.07) is 1.52. The predicted octanol–water partition coefficient (Wildman–Crippen LogP) is 1.40. The molecule has 1 aliphatic heterocycles. The van der Waals surface area contributed by atoms with E-state index < -0.39 is 0 Å². The third-order valence-electron chi connectivity index (χ3n) is 4.89. The Hall–Kier alpha value is -0.120. The van der Waals surface area contributed by atoms with Crippen molar-refractivity contribution in [1.29, 1.82) is 0 Å². The highest BCUT2D eigenvalue weighted by Gasteiger charge is 2.27. The average Bonchev–Trinajstić information content (AvgIpc) is 2.78. The van der Waals surface area contributed by atoms with Gasteiger partial charge in [0, 0.05) is 31.7 Å². The van der Waals surface area contributed by atoms with E-state index in [0.717, 1.165) is 18.0 Å². The summed E-state index contributed by atoms with van der Waals surface area (Å²) >= 11 is 0. The van der Waals surface area contributed by atoms with E-state index in [1.165, 1.54) is 51.9 Å². The molecule has 3 unspecified atom stereocenters. The third kappa shape index (κ3) is 3.43. The van der Waals surface area contributed by atoms with Crippen molar-refractivity contribution in [2.75, 3.05) is 40.3 Å². The monoisotopic (exact) mass is 239 g/mol. The molecule has 1 N–H and O–H groups in total. The number of hydrogen-bond donors (Lipinski definition) is 1. The van der Waals surface area contributed by atoms with Crippen LogP contribution < -0.4 is 5.32 Å². The van der Waals surface area contributed by atoms with E-state index >= 15 is 0 Å². The zero-order chi connectivity index (χ0) is 12.3. The Morgan fingerprint density at radius 3 is 2.76 bits per heavy atom. The maximum atomic E-state index is 3.49. The van der Waals surface area contributed by atoms with E-state index in [9.17, 15) is 0 Å². The van der Waals surface area contributed by atoms with Gasteiger partial charge in [0.2, 0.25) is 0 Å². The molecular weight excluding hydrogens is 210 g/mol. The molecule has 0 aromatic carbocycles. The molecule has 0 amide bonds. The van der Waals surface area contributed by atoms with Crippen molar-refractivity contribution in [2.24, 2.45) is 5.92 Å². The van der Waals surface area contributed by atoms with Gasteiger partial charge in [-0.05, 0) is 52.7 Å². The first-order valence-electron chi connectivity index (χ1n) is 7.30. The number of piperazine rings is 1. The molecule has 3 atom stereocenters. The molecule has 0 spiro atoms. The number of rotatable bonds is 4. The Morgan fingerprint density at radius 2 is 2.06 bits per heavy atom. The predicted molar refractivity (Wildman–Crippen MR) is 73.3 cm³/mol. The van der Waals surface area contributed by atoms with Crippen molar-refractivity contribution >= 4 is 0 Å². The topological polar surface area (TPSA) is 18.5 Å². The van der Waals surface area contributed by atoms with Gasteiger partial charge in [0.05, 0.1) is 0 Å². The van der Waals surface area contributed by atoms with Crippen LogP contribution in [0.15, 0.2) is 0 Å². The summed E-state index contributed by atoms with van der Waals surface area (Å²) in [4.78, 5) is 5.14. The van der Waals surface area contributed by atoms with Crippen LogP contribution in [0, 0.1) is 5.92 Å². The normalized spacial score (nSPS) is 36.5. The second kappa shape index (κ2) is 6.17. The van der Waals surface area contributed by atoms with Gasteiger partial charge >= 0.3 is 0 Å². The van der Waals surface area contributed by atoms with Crippen molar-refractivity contribution in [3.63, 3.8) is 0 Å². The van der Waals surface area contributed by atoms with E-state index in [1.54, 1.807) is 0 Å². The van der Waals surface area contributed by atoms with Crippen LogP contribution in [0.5, 0.6) is 0 Å². The van der Waals surface area contributed by atoms with Gasteiger partial charge in [-0.1, -0.05) is 6.42 Å². The second-order valence-corrected chi connectivity index (χ2v) is 6.01. The summed E-state index contributed by atoms with van der Waals surface area (Å²) in [7, 11) is 4.37. The van der Waals surface area contributed by atoms with Gasteiger partial charge in [-0.15, -0.1) is 0 Å². The van der Waals surface area contributed by atoms with Crippen LogP contribution in [-0.4, -0.2) is 62.2 Å². The minimum absolute atomic E-state index is 0.729. The summed E-state index contributed by atoms with van der Waals surface area (Å²) in [5, 5.41) is 3.49. The molecule has 3 heteroatoms. The lowest BCUT2D eigenvalue weighted by molar-refractivity contribution is 0.0993. The number of hydrogen-bond acceptors (Lipinski definition) is 3. The molecule has 100 valence electrons. The van der Waals surface area contributed by atoms with Gasteiger partial charge in [0.25, 0.3) is 0 Å². The lowest BCUT2D eigenvalue weighted by Gasteiger charge is -2.38. The molecule has 1 saturated heterocycles. The minimum atomic E-state index is 0.729. The summed E-state index contributed by atoms with van der Waals surface area (Å²) in [6.07, 6.45) is 5.65. The molecular formula is C14H29N3. The molecule has 0 aromatic heterocycles. The van der Waals surface area contributed by atoms with E-state index in [4.69, 9.17) is 0 Å². The smallest absolute Gasteiger partial charge is 0.0192 e. The Labute approximate surface area is 107 Å². The van der Waals surface area contributed by atoms with Crippen LogP contribution in [0.2, 0.25) is 0 Å². The van der Waals surface area contributed by atoms with E-state index in [-0.39, 0.29) is 0 Å². The molecule has 2 fully saturated rings. The average molecular weight is 239 g/mol. The van der Waals surface area contributed by atoms with Crippen molar-refractivity contribution in [2.45, 2.75) is 44.7 Å². The molecule has 1 aliphatic carbocycles. The lowest BCUT2D eigenvalue weighted by atomic mass is 9.99. The molecule has 0 aromatic rings. The zero-order valence-electron chi connectivity index (χ0n) is 11.8. The number of likely N-dealkylation sites (N-methyl/N-ethyl adjacent to an activating group) is 1. The second-order valence-electron chi connectivity index (χ2n) is 6.01. The maximum absolute atomic E-state index is 3.49. The Balaban J connectivity index is 1.71. The molecule has 1 heterocycles. The zero-order valence-corrected chi connectivity index (χ0v) is 11.8. The van der Waals surface area contributed by atoms with Crippen LogP contribution in [0.25, 0.3) is 0 Å².